The van der Waals surface area contributed by atoms with Crippen LogP contribution in [-0.2, 0) is 12.7 Å². The lowest BCUT2D eigenvalue weighted by Crippen LogP contribution is -2.20. The number of nitrogens with zero attached hydrogens (tertiary/aromatic N) is 3. The van der Waals surface area contributed by atoms with Gasteiger partial charge in [-0.15, -0.1) is 0 Å². The molecule has 0 spiro atoms. The summed E-state index contributed by atoms with van der Waals surface area (Å²) >= 11 is 0. The molecule has 2 heterocycles. The van der Waals surface area contributed by atoms with Crippen LogP contribution in [0.4, 0.5) is 29.3 Å². The van der Waals surface area contributed by atoms with Crippen molar-refractivity contribution in [3.63, 3.8) is 0 Å². The van der Waals surface area contributed by atoms with Gasteiger partial charge in [0, 0.05) is 18.9 Å². The number of aryl methyl sites for hydroxylation is 1. The number of rotatable bonds is 5. The highest BCUT2D eigenvalue weighted by atomic mass is 19.4. The van der Waals surface area contributed by atoms with Gasteiger partial charge in [0.05, 0.1) is 35.9 Å². The van der Waals surface area contributed by atoms with Crippen molar-refractivity contribution >= 4 is 28.4 Å². The van der Waals surface area contributed by atoms with E-state index >= 15 is 0 Å². The second kappa shape index (κ2) is 8.81. The Balaban J connectivity index is 1.57. The van der Waals surface area contributed by atoms with Crippen molar-refractivity contribution in [2.75, 3.05) is 17.7 Å². The van der Waals surface area contributed by atoms with E-state index in [1.54, 1.807) is 30.9 Å². The molecule has 4 aromatic rings. The summed E-state index contributed by atoms with van der Waals surface area (Å²) < 4.78 is 46.2. The molecule has 2 N–H and O–H groups in total. The van der Waals surface area contributed by atoms with Gasteiger partial charge >= 0.3 is 12.2 Å². The Morgan fingerprint density at radius 3 is 2.64 bits per heavy atom. The maximum Gasteiger partial charge on any atom is 0.416 e. The highest BCUT2D eigenvalue weighted by Gasteiger charge is 2.31. The lowest BCUT2D eigenvalue weighted by atomic mass is 10.1. The van der Waals surface area contributed by atoms with Crippen LogP contribution in [0.15, 0.2) is 61.2 Å². The molecule has 0 saturated heterocycles. The van der Waals surface area contributed by atoms with Crippen molar-refractivity contribution in [3.8, 4) is 5.75 Å². The molecule has 0 bridgehead atoms. The lowest BCUT2D eigenvalue weighted by molar-refractivity contribution is -0.137. The lowest BCUT2D eigenvalue weighted by Gasteiger charge is -2.14. The summed E-state index contributed by atoms with van der Waals surface area (Å²) in [6.07, 6.45) is 0.628. The molecule has 4 rings (SSSR count). The summed E-state index contributed by atoms with van der Waals surface area (Å²) in [7, 11) is 1.31. The normalized spacial score (nSPS) is 11.4. The summed E-state index contributed by atoms with van der Waals surface area (Å²) in [6, 6.07) is 9.38. The molecule has 2 aromatic heterocycles. The van der Waals surface area contributed by atoms with Gasteiger partial charge in [0.15, 0.2) is 0 Å². The van der Waals surface area contributed by atoms with Gasteiger partial charge in [-0.3, -0.25) is 4.98 Å². The first-order chi connectivity index (χ1) is 15.8. The van der Waals surface area contributed by atoms with E-state index in [0.29, 0.717) is 17.7 Å². The number of fused-ring (bicyclic) bond motifs is 1. The largest absolute Gasteiger partial charge is 0.495 e. The summed E-state index contributed by atoms with van der Waals surface area (Å²) in [4.78, 5) is 21.1. The van der Waals surface area contributed by atoms with E-state index in [2.05, 4.69) is 20.6 Å². The van der Waals surface area contributed by atoms with Crippen molar-refractivity contribution in [2.45, 2.75) is 19.6 Å². The van der Waals surface area contributed by atoms with Gasteiger partial charge < -0.3 is 19.9 Å². The van der Waals surface area contributed by atoms with E-state index in [4.69, 9.17) is 4.74 Å². The standard InChI is InChI=1S/C23H20F3N5O2/c1-14-11-27-9-8-15(14)12-31-13-28-21-17(4-3-5-19(21)31)29-22(32)30-18-10-16(23(24,25)26)6-7-20(18)33-2/h3-11,13H,12H2,1-2H3,(H2,29,30,32). The number of aromatic nitrogens is 3. The number of benzene rings is 2. The molecule has 7 nitrogen and oxygen atoms in total. The molecular formula is C23H20F3N5O2. The second-order valence-corrected chi connectivity index (χ2v) is 7.34. The molecule has 0 unspecified atom stereocenters. The van der Waals surface area contributed by atoms with E-state index in [1.165, 1.54) is 7.11 Å². The Morgan fingerprint density at radius 1 is 1.12 bits per heavy atom. The number of ether oxygens (including phenoxy) is 1. The molecule has 0 aliphatic carbocycles. The van der Waals surface area contributed by atoms with Crippen LogP contribution in [0.5, 0.6) is 5.75 Å². The quantitative estimate of drug-likeness (QED) is 0.419. The van der Waals surface area contributed by atoms with Gasteiger partial charge in [0.2, 0.25) is 0 Å². The number of hydrogen-bond acceptors (Lipinski definition) is 4. The number of imidazole rings is 1. The van der Waals surface area contributed by atoms with E-state index in [9.17, 15) is 18.0 Å². The fourth-order valence-electron chi connectivity index (χ4n) is 3.44. The van der Waals surface area contributed by atoms with Crippen LogP contribution in [0, 0.1) is 6.92 Å². The smallest absolute Gasteiger partial charge is 0.416 e. The summed E-state index contributed by atoms with van der Waals surface area (Å²) in [6.45, 7) is 2.54. The molecule has 0 saturated carbocycles. The van der Waals surface area contributed by atoms with Gasteiger partial charge in [-0.2, -0.15) is 13.2 Å². The highest BCUT2D eigenvalue weighted by molar-refractivity contribution is 6.05. The van der Waals surface area contributed by atoms with Gasteiger partial charge in [-0.25, -0.2) is 9.78 Å². The van der Waals surface area contributed by atoms with Crippen LogP contribution < -0.4 is 15.4 Å². The number of methoxy groups -OCH3 is 1. The van der Waals surface area contributed by atoms with Crippen molar-refractivity contribution < 1.29 is 22.7 Å². The molecule has 0 radical (unpaired) electrons. The number of carbonyl (C=O) groups is 1. The minimum atomic E-state index is -4.55. The van der Waals surface area contributed by atoms with Gasteiger partial charge in [-0.05, 0) is 54.4 Å². The van der Waals surface area contributed by atoms with Crippen LogP contribution in [0.1, 0.15) is 16.7 Å². The van der Waals surface area contributed by atoms with Crippen LogP contribution in [-0.4, -0.2) is 27.7 Å². The maximum absolute atomic E-state index is 13.1. The van der Waals surface area contributed by atoms with Gasteiger partial charge in [-0.1, -0.05) is 6.07 Å². The van der Waals surface area contributed by atoms with Crippen LogP contribution in [0.25, 0.3) is 11.0 Å². The average molecular weight is 455 g/mol. The highest BCUT2D eigenvalue weighted by Crippen LogP contribution is 2.35. The molecule has 2 amide bonds. The zero-order valence-electron chi connectivity index (χ0n) is 17.8. The molecular weight excluding hydrogens is 435 g/mol. The van der Waals surface area contributed by atoms with Crippen molar-refractivity contribution in [3.05, 3.63) is 77.9 Å². The molecule has 33 heavy (non-hydrogen) atoms. The average Bonchev–Trinajstić information content (AvgIpc) is 3.18. The predicted molar refractivity (Wildman–Crippen MR) is 118 cm³/mol. The van der Waals surface area contributed by atoms with Gasteiger partial charge in [0.25, 0.3) is 0 Å². The SMILES string of the molecule is COc1ccc(C(F)(F)F)cc1NC(=O)Nc1cccc2c1ncn2Cc1ccncc1C. The fourth-order valence-corrected chi connectivity index (χ4v) is 3.44. The number of halogens is 3. The van der Waals surface area contributed by atoms with E-state index in [-0.39, 0.29) is 11.4 Å². The minimum Gasteiger partial charge on any atom is -0.495 e. The zero-order valence-corrected chi connectivity index (χ0v) is 17.8. The first kappa shape index (κ1) is 22.1. The van der Waals surface area contributed by atoms with Crippen LogP contribution >= 0.6 is 0 Å². The van der Waals surface area contributed by atoms with Crippen molar-refractivity contribution in [1.82, 2.24) is 14.5 Å². The Hall–Kier alpha value is -4.08. The molecule has 0 aliphatic heterocycles. The Morgan fingerprint density at radius 2 is 1.91 bits per heavy atom. The minimum absolute atomic E-state index is 0.101. The van der Waals surface area contributed by atoms with E-state index < -0.39 is 17.8 Å². The number of anilines is 2. The first-order valence-corrected chi connectivity index (χ1v) is 9.93. The molecule has 170 valence electrons. The van der Waals surface area contributed by atoms with E-state index in [0.717, 1.165) is 34.8 Å². The van der Waals surface area contributed by atoms with E-state index in [1.807, 2.05) is 23.6 Å². The number of hydrogen-bond donors (Lipinski definition) is 2. The number of alkyl halides is 3. The third-order valence-electron chi connectivity index (χ3n) is 5.15. The molecule has 0 aliphatic rings. The number of amides is 2. The zero-order chi connectivity index (χ0) is 23.6. The number of urea groups is 1. The number of nitrogens with one attached hydrogen (secondary N) is 2. The third-order valence-corrected chi connectivity index (χ3v) is 5.15. The predicted octanol–water partition coefficient (Wildman–Crippen LogP) is 5.46. The molecule has 2 aromatic carbocycles. The topological polar surface area (TPSA) is 81.1 Å². The molecule has 0 atom stereocenters. The number of pyridine rings is 1. The van der Waals surface area contributed by atoms with Gasteiger partial charge in [0.1, 0.15) is 11.3 Å². The number of carbonyl (C=O) groups excluding carboxylic acids is 1. The maximum atomic E-state index is 13.1. The Bertz CT molecular complexity index is 1320. The summed E-state index contributed by atoms with van der Waals surface area (Å²) in [5.41, 5.74) is 2.89. The first-order valence-electron chi connectivity index (χ1n) is 9.93. The summed E-state index contributed by atoms with van der Waals surface area (Å²) in [5, 5.41) is 5.08. The third kappa shape index (κ3) is 4.74. The van der Waals surface area contributed by atoms with Crippen LogP contribution in [0.3, 0.4) is 0 Å². The van der Waals surface area contributed by atoms with Crippen molar-refractivity contribution in [1.29, 1.82) is 0 Å². The molecule has 10 heteroatoms. The summed E-state index contributed by atoms with van der Waals surface area (Å²) in [5.74, 6) is 0.105. The number of para-hydroxylation sites is 1. The fraction of sp³-hybridized carbons (Fsp3) is 0.174. The molecule has 0 fully saturated rings. The second-order valence-electron chi connectivity index (χ2n) is 7.34. The Labute approximate surface area is 187 Å². The van der Waals surface area contributed by atoms with Crippen molar-refractivity contribution in [2.24, 2.45) is 0 Å². The van der Waals surface area contributed by atoms with Crippen LogP contribution in [0.2, 0.25) is 0 Å². The monoisotopic (exact) mass is 455 g/mol. The Kier molecular flexibility index (Phi) is 5.91.